The second-order valence-corrected chi connectivity index (χ2v) is 6.27. The fraction of sp³-hybridized carbons (Fsp3) is 0.833. The van der Waals surface area contributed by atoms with Gasteiger partial charge >= 0.3 is 6.18 Å². The van der Waals surface area contributed by atoms with Crippen molar-refractivity contribution in [2.75, 3.05) is 14.1 Å². The summed E-state index contributed by atoms with van der Waals surface area (Å²) < 4.78 is 43.7. The highest BCUT2D eigenvalue weighted by Crippen LogP contribution is 2.41. The van der Waals surface area contributed by atoms with Crippen LogP contribution in [0.5, 0.6) is 0 Å². The molecular formula is C12H20F3NO2S. The minimum absolute atomic E-state index is 0.206. The Morgan fingerprint density at radius 2 is 1.95 bits per heavy atom. The zero-order chi connectivity index (χ0) is 14.8. The quantitative estimate of drug-likeness (QED) is 0.865. The van der Waals surface area contributed by atoms with Crippen LogP contribution in [0.4, 0.5) is 13.2 Å². The Morgan fingerprint density at radius 3 is 2.42 bits per heavy atom. The molecule has 0 spiro atoms. The van der Waals surface area contributed by atoms with Crippen molar-refractivity contribution in [3.8, 4) is 0 Å². The van der Waals surface area contributed by atoms with Gasteiger partial charge in [-0.15, -0.1) is 0 Å². The lowest BCUT2D eigenvalue weighted by Gasteiger charge is -2.39. The molecule has 1 rings (SSSR count). The molecule has 1 aliphatic rings. The lowest BCUT2D eigenvalue weighted by Crippen LogP contribution is -2.54. The van der Waals surface area contributed by atoms with Crippen molar-refractivity contribution in [3.63, 3.8) is 0 Å². The van der Waals surface area contributed by atoms with Crippen molar-refractivity contribution >= 4 is 11.8 Å². The molecule has 1 fully saturated rings. The summed E-state index contributed by atoms with van der Waals surface area (Å²) in [5, 5.41) is 10.4. The Labute approximate surface area is 115 Å². The summed E-state index contributed by atoms with van der Waals surface area (Å²) in [6.07, 6.45) is -4.47. The minimum atomic E-state index is -4.69. The van der Waals surface area contributed by atoms with Crippen LogP contribution in [0.1, 0.15) is 26.2 Å². The normalized spacial score (nSPS) is 27.7. The fourth-order valence-electron chi connectivity index (χ4n) is 1.73. The summed E-state index contributed by atoms with van der Waals surface area (Å²) in [5.41, 5.74) is -3.21. The molecule has 0 aromatic heterocycles. The van der Waals surface area contributed by atoms with Crippen LogP contribution in [0.3, 0.4) is 0 Å². The molecule has 0 aromatic carbocycles. The number of halogens is 3. The summed E-state index contributed by atoms with van der Waals surface area (Å²) in [6.45, 7) is 4.58. The van der Waals surface area contributed by atoms with Crippen LogP contribution >= 0.6 is 11.8 Å². The molecule has 1 saturated heterocycles. The average molecular weight is 299 g/mol. The van der Waals surface area contributed by atoms with Crippen molar-refractivity contribution in [2.45, 2.75) is 49.5 Å². The van der Waals surface area contributed by atoms with Crippen LogP contribution in [0.15, 0.2) is 11.6 Å². The Bertz CT molecular complexity index is 331. The van der Waals surface area contributed by atoms with Gasteiger partial charge in [0.2, 0.25) is 0 Å². The van der Waals surface area contributed by atoms with E-state index in [1.165, 1.54) is 11.8 Å². The van der Waals surface area contributed by atoms with Gasteiger partial charge in [-0.05, 0) is 26.2 Å². The molecule has 3 atom stereocenters. The number of hydrogen-bond acceptors (Lipinski definition) is 4. The van der Waals surface area contributed by atoms with E-state index in [-0.39, 0.29) is 6.42 Å². The number of nitrogens with zero attached hydrogens (tertiary/aromatic N) is 1. The molecule has 0 amide bonds. The number of aliphatic hydroxyl groups is 1. The molecular weight excluding hydrogens is 279 g/mol. The summed E-state index contributed by atoms with van der Waals surface area (Å²) >= 11 is 1.29. The molecule has 112 valence electrons. The standard InChI is InChI=1S/C12H20F3NO2S/c1-8(16(3)4)19-10-7-5-6-9(18-10)11(2,17)12(13,14)15/h9-10,17H,1,5-7H2,2-4H3. The van der Waals surface area contributed by atoms with Crippen LogP contribution < -0.4 is 0 Å². The fourth-order valence-corrected chi connectivity index (χ4v) is 2.72. The smallest absolute Gasteiger partial charge is 0.379 e. The molecule has 0 bridgehead atoms. The SMILES string of the molecule is C=C(SC1CCCC(C(C)(O)C(F)(F)F)O1)N(C)C. The van der Waals surface area contributed by atoms with E-state index in [4.69, 9.17) is 4.74 Å². The Morgan fingerprint density at radius 1 is 1.37 bits per heavy atom. The molecule has 19 heavy (non-hydrogen) atoms. The van der Waals surface area contributed by atoms with Gasteiger partial charge in [0, 0.05) is 14.1 Å². The van der Waals surface area contributed by atoms with Crippen molar-refractivity contribution < 1.29 is 23.0 Å². The number of ether oxygens (including phenoxy) is 1. The van der Waals surface area contributed by atoms with E-state index in [0.29, 0.717) is 12.8 Å². The molecule has 0 aromatic rings. The van der Waals surface area contributed by atoms with Gasteiger partial charge < -0.3 is 14.7 Å². The lowest BCUT2D eigenvalue weighted by atomic mass is 9.92. The Balaban J connectivity index is 2.67. The van der Waals surface area contributed by atoms with E-state index in [9.17, 15) is 18.3 Å². The Hall–Kier alpha value is -0.400. The average Bonchev–Trinajstić information content (AvgIpc) is 2.27. The van der Waals surface area contributed by atoms with E-state index in [1.807, 2.05) is 14.1 Å². The summed E-state index contributed by atoms with van der Waals surface area (Å²) in [4.78, 5) is 1.78. The second kappa shape index (κ2) is 5.93. The number of alkyl halides is 3. The van der Waals surface area contributed by atoms with Gasteiger partial charge in [-0.1, -0.05) is 18.3 Å². The molecule has 0 saturated carbocycles. The van der Waals surface area contributed by atoms with Crippen LogP contribution in [0.25, 0.3) is 0 Å². The van der Waals surface area contributed by atoms with Crippen LogP contribution in [-0.2, 0) is 4.74 Å². The first kappa shape index (κ1) is 16.7. The topological polar surface area (TPSA) is 32.7 Å². The maximum Gasteiger partial charge on any atom is 0.419 e. The summed E-state index contributed by atoms with van der Waals surface area (Å²) in [6, 6.07) is 0. The first-order valence-corrected chi connectivity index (χ1v) is 6.91. The molecule has 0 radical (unpaired) electrons. The van der Waals surface area contributed by atoms with Gasteiger partial charge in [0.05, 0.1) is 11.1 Å². The monoisotopic (exact) mass is 299 g/mol. The molecule has 7 heteroatoms. The molecule has 1 aliphatic heterocycles. The summed E-state index contributed by atoms with van der Waals surface area (Å²) in [7, 11) is 3.61. The van der Waals surface area contributed by atoms with Crippen LogP contribution in [-0.4, -0.2) is 47.4 Å². The maximum atomic E-state index is 12.8. The largest absolute Gasteiger partial charge is 0.419 e. The van der Waals surface area contributed by atoms with E-state index in [1.54, 1.807) is 4.90 Å². The van der Waals surface area contributed by atoms with Crippen molar-refractivity contribution in [2.24, 2.45) is 0 Å². The third-order valence-corrected chi connectivity index (χ3v) is 4.44. The van der Waals surface area contributed by atoms with Gasteiger partial charge in [-0.25, -0.2) is 0 Å². The van der Waals surface area contributed by atoms with Crippen molar-refractivity contribution in [1.29, 1.82) is 0 Å². The first-order chi connectivity index (χ1) is 8.55. The van der Waals surface area contributed by atoms with Gasteiger partial charge in [0.15, 0.2) is 5.60 Å². The number of hydrogen-bond donors (Lipinski definition) is 1. The molecule has 3 unspecified atom stereocenters. The van der Waals surface area contributed by atoms with Crippen molar-refractivity contribution in [1.82, 2.24) is 4.90 Å². The predicted octanol–water partition coefficient (Wildman–Crippen LogP) is 2.96. The van der Waals surface area contributed by atoms with Gasteiger partial charge in [-0.2, -0.15) is 13.2 Å². The molecule has 3 nitrogen and oxygen atoms in total. The van der Waals surface area contributed by atoms with Gasteiger partial charge in [0.1, 0.15) is 5.44 Å². The highest BCUT2D eigenvalue weighted by atomic mass is 32.2. The minimum Gasteiger partial charge on any atom is -0.379 e. The molecule has 1 heterocycles. The highest BCUT2D eigenvalue weighted by molar-refractivity contribution is 8.03. The van der Waals surface area contributed by atoms with Crippen LogP contribution in [0.2, 0.25) is 0 Å². The van der Waals surface area contributed by atoms with Gasteiger partial charge in [0.25, 0.3) is 0 Å². The van der Waals surface area contributed by atoms with E-state index >= 15 is 0 Å². The van der Waals surface area contributed by atoms with E-state index < -0.39 is 23.3 Å². The maximum absolute atomic E-state index is 12.8. The summed E-state index contributed by atoms with van der Waals surface area (Å²) in [5.74, 6) is 0. The predicted molar refractivity (Wildman–Crippen MR) is 69.6 cm³/mol. The number of rotatable bonds is 4. The zero-order valence-electron chi connectivity index (χ0n) is 11.3. The highest BCUT2D eigenvalue weighted by Gasteiger charge is 2.56. The molecule has 0 aliphatic carbocycles. The van der Waals surface area contributed by atoms with Gasteiger partial charge in [-0.3, -0.25) is 0 Å². The van der Waals surface area contributed by atoms with Crippen molar-refractivity contribution in [3.05, 3.63) is 11.6 Å². The lowest BCUT2D eigenvalue weighted by molar-refractivity contribution is -0.295. The number of thioether (sulfide) groups is 1. The third-order valence-electron chi connectivity index (χ3n) is 3.19. The van der Waals surface area contributed by atoms with E-state index in [2.05, 4.69) is 6.58 Å². The third kappa shape index (κ3) is 4.03. The second-order valence-electron chi connectivity index (χ2n) is 5.04. The first-order valence-electron chi connectivity index (χ1n) is 6.03. The Kier molecular flexibility index (Phi) is 5.20. The molecule has 1 N–H and O–H groups in total. The zero-order valence-corrected chi connectivity index (χ0v) is 12.1. The van der Waals surface area contributed by atoms with Crippen LogP contribution in [0, 0.1) is 0 Å². The van der Waals surface area contributed by atoms with E-state index in [0.717, 1.165) is 12.0 Å².